The van der Waals surface area contributed by atoms with Crippen molar-refractivity contribution in [3.05, 3.63) is 15.6 Å². The number of aryl methyl sites for hydroxylation is 2. The summed E-state index contributed by atoms with van der Waals surface area (Å²) in [6, 6.07) is 0.317. The van der Waals surface area contributed by atoms with Crippen LogP contribution in [-0.4, -0.2) is 22.7 Å². The zero-order chi connectivity index (χ0) is 12.4. The van der Waals surface area contributed by atoms with Gasteiger partial charge in [0.2, 0.25) is 0 Å². The number of aromatic nitrogens is 1. The highest BCUT2D eigenvalue weighted by molar-refractivity contribution is 7.11. The molecule has 3 unspecified atom stereocenters. The van der Waals surface area contributed by atoms with Crippen molar-refractivity contribution < 1.29 is 5.11 Å². The Bertz CT molecular complexity index is 377. The summed E-state index contributed by atoms with van der Waals surface area (Å²) in [4.78, 5) is 5.89. The van der Waals surface area contributed by atoms with Crippen LogP contribution in [0.3, 0.4) is 0 Å². The number of rotatable bonds is 4. The quantitative estimate of drug-likeness (QED) is 0.868. The van der Waals surface area contributed by atoms with E-state index in [9.17, 15) is 5.11 Å². The summed E-state index contributed by atoms with van der Waals surface area (Å²) in [5, 5.41) is 14.2. The number of hydrogen-bond donors (Lipinski definition) is 2. The fourth-order valence-corrected chi connectivity index (χ4v) is 3.53. The third-order valence-corrected chi connectivity index (χ3v) is 4.48. The molecule has 0 amide bonds. The van der Waals surface area contributed by atoms with E-state index < -0.39 is 0 Å². The molecule has 0 saturated heterocycles. The van der Waals surface area contributed by atoms with Crippen molar-refractivity contribution in [3.63, 3.8) is 0 Å². The molecule has 3 nitrogen and oxygen atoms in total. The second-order valence-corrected chi connectivity index (χ2v) is 6.54. The van der Waals surface area contributed by atoms with Crippen LogP contribution in [0, 0.1) is 19.8 Å². The van der Waals surface area contributed by atoms with E-state index in [4.69, 9.17) is 0 Å². The van der Waals surface area contributed by atoms with Gasteiger partial charge in [-0.2, -0.15) is 0 Å². The molecule has 1 heterocycles. The van der Waals surface area contributed by atoms with Crippen LogP contribution in [-0.2, 0) is 0 Å². The Balaban J connectivity index is 1.85. The average molecular weight is 254 g/mol. The molecule has 0 aliphatic heterocycles. The maximum atomic E-state index is 9.49. The van der Waals surface area contributed by atoms with Crippen LogP contribution >= 0.6 is 11.3 Å². The van der Waals surface area contributed by atoms with Crippen LogP contribution < -0.4 is 5.32 Å². The van der Waals surface area contributed by atoms with E-state index in [1.807, 2.05) is 0 Å². The number of aliphatic hydroxyl groups excluding tert-OH is 1. The van der Waals surface area contributed by atoms with E-state index in [0.29, 0.717) is 12.0 Å². The number of thiazole rings is 1. The summed E-state index contributed by atoms with van der Waals surface area (Å²) in [6.07, 6.45) is 3.00. The van der Waals surface area contributed by atoms with E-state index in [1.54, 1.807) is 11.3 Å². The highest BCUT2D eigenvalue weighted by Gasteiger charge is 2.23. The minimum Gasteiger partial charge on any atom is -0.393 e. The second-order valence-electron chi connectivity index (χ2n) is 5.14. The van der Waals surface area contributed by atoms with E-state index in [-0.39, 0.29) is 6.10 Å². The summed E-state index contributed by atoms with van der Waals surface area (Å²) < 4.78 is 0. The van der Waals surface area contributed by atoms with Gasteiger partial charge in [0, 0.05) is 10.9 Å². The van der Waals surface area contributed by atoms with E-state index in [1.165, 1.54) is 10.6 Å². The third kappa shape index (κ3) is 3.27. The smallest absolute Gasteiger partial charge is 0.0900 e. The maximum absolute atomic E-state index is 9.49. The fourth-order valence-electron chi connectivity index (χ4n) is 2.62. The minimum absolute atomic E-state index is 0.0691. The highest BCUT2D eigenvalue weighted by Crippen LogP contribution is 2.26. The van der Waals surface area contributed by atoms with Crippen LogP contribution in [0.15, 0.2) is 0 Å². The zero-order valence-corrected chi connectivity index (χ0v) is 11.7. The summed E-state index contributed by atoms with van der Waals surface area (Å²) in [6.45, 7) is 7.36. The molecule has 0 bridgehead atoms. The molecule has 17 heavy (non-hydrogen) atoms. The van der Waals surface area contributed by atoms with Crippen molar-refractivity contribution in [2.45, 2.75) is 52.2 Å². The van der Waals surface area contributed by atoms with E-state index >= 15 is 0 Å². The average Bonchev–Trinajstić information content (AvgIpc) is 2.81. The summed E-state index contributed by atoms with van der Waals surface area (Å²) in [7, 11) is 0. The molecule has 96 valence electrons. The van der Waals surface area contributed by atoms with Gasteiger partial charge < -0.3 is 10.4 Å². The minimum atomic E-state index is -0.0691. The number of nitrogens with one attached hydrogen (secondary N) is 1. The lowest BCUT2D eigenvalue weighted by Gasteiger charge is -2.16. The van der Waals surface area contributed by atoms with E-state index in [2.05, 4.69) is 31.1 Å². The molecule has 1 fully saturated rings. The van der Waals surface area contributed by atoms with Crippen molar-refractivity contribution >= 4 is 11.3 Å². The molecular weight excluding hydrogens is 232 g/mol. The Morgan fingerprint density at radius 3 is 2.76 bits per heavy atom. The predicted molar refractivity (Wildman–Crippen MR) is 71.4 cm³/mol. The number of hydrogen-bond acceptors (Lipinski definition) is 4. The standard InChI is InChI=1S/C13H22N2OS/c1-8(13-9(2)17-10(3)15-13)14-7-11-4-5-12(16)6-11/h8,11-12,14,16H,4-7H2,1-3H3. The summed E-state index contributed by atoms with van der Waals surface area (Å²) in [5.41, 5.74) is 1.19. The van der Waals surface area contributed by atoms with Crippen molar-refractivity contribution in [1.82, 2.24) is 10.3 Å². The Morgan fingerprint density at radius 1 is 1.47 bits per heavy atom. The Morgan fingerprint density at radius 2 is 2.24 bits per heavy atom. The van der Waals surface area contributed by atoms with Gasteiger partial charge in [0.1, 0.15) is 0 Å². The summed E-state index contributed by atoms with van der Waals surface area (Å²) in [5.74, 6) is 0.632. The highest BCUT2D eigenvalue weighted by atomic mass is 32.1. The molecule has 1 aromatic rings. The van der Waals surface area contributed by atoms with Gasteiger partial charge in [0.15, 0.2) is 0 Å². The topological polar surface area (TPSA) is 45.2 Å². The van der Waals surface area contributed by atoms with Crippen LogP contribution in [0.25, 0.3) is 0 Å². The largest absolute Gasteiger partial charge is 0.393 e. The first-order valence-electron chi connectivity index (χ1n) is 6.41. The molecule has 0 spiro atoms. The van der Waals surface area contributed by atoms with Crippen molar-refractivity contribution in [2.24, 2.45) is 5.92 Å². The van der Waals surface area contributed by atoms with Crippen LogP contribution in [0.2, 0.25) is 0 Å². The number of nitrogens with zero attached hydrogens (tertiary/aromatic N) is 1. The van der Waals surface area contributed by atoms with Gasteiger partial charge in [-0.25, -0.2) is 4.98 Å². The van der Waals surface area contributed by atoms with Crippen molar-refractivity contribution in [1.29, 1.82) is 0 Å². The van der Waals surface area contributed by atoms with Crippen LogP contribution in [0.5, 0.6) is 0 Å². The Labute approximate surface area is 107 Å². The first-order chi connectivity index (χ1) is 8.06. The summed E-state index contributed by atoms with van der Waals surface area (Å²) >= 11 is 1.76. The monoisotopic (exact) mass is 254 g/mol. The van der Waals surface area contributed by atoms with Gasteiger partial charge in [-0.1, -0.05) is 0 Å². The van der Waals surface area contributed by atoms with Gasteiger partial charge in [0.05, 0.1) is 16.8 Å². The van der Waals surface area contributed by atoms with Gasteiger partial charge in [-0.15, -0.1) is 11.3 Å². The van der Waals surface area contributed by atoms with Crippen molar-refractivity contribution in [2.75, 3.05) is 6.54 Å². The molecule has 1 aliphatic carbocycles. The lowest BCUT2D eigenvalue weighted by molar-refractivity contribution is 0.177. The first-order valence-corrected chi connectivity index (χ1v) is 7.23. The van der Waals surface area contributed by atoms with Gasteiger partial charge >= 0.3 is 0 Å². The molecule has 3 atom stereocenters. The Hall–Kier alpha value is -0.450. The van der Waals surface area contributed by atoms with Gasteiger partial charge in [0.25, 0.3) is 0 Å². The molecule has 1 aliphatic rings. The molecule has 2 N–H and O–H groups in total. The molecule has 2 rings (SSSR count). The van der Waals surface area contributed by atoms with Crippen LogP contribution in [0.4, 0.5) is 0 Å². The zero-order valence-electron chi connectivity index (χ0n) is 10.9. The molecule has 0 radical (unpaired) electrons. The fraction of sp³-hybridized carbons (Fsp3) is 0.769. The normalized spacial score (nSPS) is 26.4. The van der Waals surface area contributed by atoms with Gasteiger partial charge in [-0.05, 0) is 52.5 Å². The maximum Gasteiger partial charge on any atom is 0.0900 e. The lowest BCUT2D eigenvalue weighted by atomic mass is 10.1. The van der Waals surface area contributed by atoms with Crippen molar-refractivity contribution in [3.8, 4) is 0 Å². The molecule has 4 heteroatoms. The number of aliphatic hydroxyl groups is 1. The lowest BCUT2D eigenvalue weighted by Crippen LogP contribution is -2.25. The third-order valence-electron chi connectivity index (χ3n) is 3.58. The first kappa shape index (κ1) is 13.0. The van der Waals surface area contributed by atoms with Crippen LogP contribution in [0.1, 0.15) is 47.8 Å². The second kappa shape index (κ2) is 5.46. The SMILES string of the molecule is Cc1nc(C(C)NCC2CCC(O)C2)c(C)s1. The molecule has 1 aromatic heterocycles. The molecule has 0 aromatic carbocycles. The Kier molecular flexibility index (Phi) is 4.17. The molecule has 1 saturated carbocycles. The van der Waals surface area contributed by atoms with Gasteiger partial charge in [-0.3, -0.25) is 0 Å². The predicted octanol–water partition coefficient (Wildman–Crippen LogP) is 2.57. The van der Waals surface area contributed by atoms with E-state index in [0.717, 1.165) is 30.8 Å². The molecular formula is C13H22N2OS.